The molecular weight excluding hydrogens is 154 g/mol. The van der Waals surface area contributed by atoms with Crippen molar-refractivity contribution >= 4 is 5.78 Å². The lowest BCUT2D eigenvalue weighted by Crippen LogP contribution is -2.01. The minimum absolute atomic E-state index is 0.402. The highest BCUT2D eigenvalue weighted by molar-refractivity contribution is 5.25. The summed E-state index contributed by atoms with van der Waals surface area (Å²) < 4.78 is 1.84. The number of rotatable bonds is 1. The van der Waals surface area contributed by atoms with Crippen LogP contribution in [0.4, 0.5) is 0 Å². The van der Waals surface area contributed by atoms with Gasteiger partial charge >= 0.3 is 0 Å². The maximum absolute atomic E-state index is 3.83. The van der Waals surface area contributed by atoms with Crippen molar-refractivity contribution in [2.45, 2.75) is 19.8 Å². The Hall–Kier alpha value is -1.52. The van der Waals surface area contributed by atoms with Crippen molar-refractivity contribution in [3.8, 4) is 0 Å². The summed E-state index contributed by atoms with van der Waals surface area (Å²) in [4.78, 5) is 0. The van der Waals surface area contributed by atoms with E-state index in [0.29, 0.717) is 11.7 Å². The Morgan fingerprint density at radius 2 is 2.00 bits per heavy atom. The predicted octanol–water partition coefficient (Wildman–Crippen LogP) is 0.643. The van der Waals surface area contributed by atoms with E-state index in [1.54, 1.807) is 12.5 Å². The highest BCUT2D eigenvalue weighted by Crippen LogP contribution is 2.11. The summed E-state index contributed by atoms with van der Waals surface area (Å²) in [7, 11) is 0. The molecule has 0 atom stereocenters. The van der Waals surface area contributed by atoms with Crippen molar-refractivity contribution in [3.05, 3.63) is 18.2 Å². The van der Waals surface area contributed by atoms with Gasteiger partial charge < -0.3 is 0 Å². The Labute approximate surface area is 69.5 Å². The molecule has 5 heteroatoms. The third-order valence-corrected chi connectivity index (χ3v) is 1.74. The summed E-state index contributed by atoms with van der Waals surface area (Å²) >= 11 is 0. The SMILES string of the molecule is CC(C)c1cnnc2nncn12. The molecule has 0 aliphatic heterocycles. The van der Waals surface area contributed by atoms with Crippen LogP contribution < -0.4 is 0 Å². The van der Waals surface area contributed by atoms with Crippen molar-refractivity contribution < 1.29 is 0 Å². The lowest BCUT2D eigenvalue weighted by molar-refractivity contribution is 0.769. The van der Waals surface area contributed by atoms with E-state index < -0.39 is 0 Å². The van der Waals surface area contributed by atoms with Crippen LogP contribution in [0, 0.1) is 0 Å². The summed E-state index contributed by atoms with van der Waals surface area (Å²) in [6.45, 7) is 4.19. The molecule has 5 nitrogen and oxygen atoms in total. The Bertz CT molecular complexity index is 391. The first-order valence-corrected chi connectivity index (χ1v) is 3.80. The van der Waals surface area contributed by atoms with Gasteiger partial charge in [-0.15, -0.1) is 15.3 Å². The van der Waals surface area contributed by atoms with E-state index in [0.717, 1.165) is 5.69 Å². The van der Waals surface area contributed by atoms with Gasteiger partial charge in [-0.2, -0.15) is 5.10 Å². The van der Waals surface area contributed by atoms with Crippen LogP contribution in [-0.2, 0) is 0 Å². The van der Waals surface area contributed by atoms with Crippen LogP contribution in [0.5, 0.6) is 0 Å². The average molecular weight is 163 g/mol. The Balaban J connectivity index is 2.73. The maximum Gasteiger partial charge on any atom is 0.274 e. The molecule has 0 aliphatic carbocycles. The molecule has 2 rings (SSSR count). The summed E-state index contributed by atoms with van der Waals surface area (Å²) in [5, 5.41) is 15.2. The molecule has 0 fully saturated rings. The van der Waals surface area contributed by atoms with Gasteiger partial charge in [0, 0.05) is 5.69 Å². The van der Waals surface area contributed by atoms with E-state index in [1.807, 2.05) is 4.40 Å². The van der Waals surface area contributed by atoms with Gasteiger partial charge in [0.1, 0.15) is 6.33 Å². The van der Waals surface area contributed by atoms with Crippen LogP contribution in [-0.4, -0.2) is 24.8 Å². The molecule has 12 heavy (non-hydrogen) atoms. The number of fused-ring (bicyclic) bond motifs is 1. The number of aromatic nitrogens is 5. The summed E-state index contributed by atoms with van der Waals surface area (Å²) in [5.41, 5.74) is 1.07. The molecule has 2 aromatic heterocycles. The van der Waals surface area contributed by atoms with E-state index in [9.17, 15) is 0 Å². The highest BCUT2D eigenvalue weighted by atomic mass is 15.3. The van der Waals surface area contributed by atoms with Crippen molar-refractivity contribution in [2.24, 2.45) is 0 Å². The van der Waals surface area contributed by atoms with Gasteiger partial charge in [-0.05, 0) is 5.92 Å². The van der Waals surface area contributed by atoms with E-state index in [2.05, 4.69) is 34.2 Å². The van der Waals surface area contributed by atoms with E-state index in [1.165, 1.54) is 0 Å². The van der Waals surface area contributed by atoms with Gasteiger partial charge in [-0.3, -0.25) is 4.40 Å². The van der Waals surface area contributed by atoms with Crippen LogP contribution in [0.15, 0.2) is 12.5 Å². The fourth-order valence-corrected chi connectivity index (χ4v) is 1.11. The second kappa shape index (κ2) is 2.51. The molecule has 0 aromatic carbocycles. The minimum atomic E-state index is 0.402. The van der Waals surface area contributed by atoms with Crippen molar-refractivity contribution in [1.82, 2.24) is 24.8 Å². The first-order valence-electron chi connectivity index (χ1n) is 3.80. The molecule has 2 heterocycles. The molecule has 0 spiro atoms. The first kappa shape index (κ1) is 7.15. The molecule has 62 valence electrons. The highest BCUT2D eigenvalue weighted by Gasteiger charge is 2.06. The van der Waals surface area contributed by atoms with Crippen molar-refractivity contribution in [3.63, 3.8) is 0 Å². The first-order chi connectivity index (χ1) is 5.79. The van der Waals surface area contributed by atoms with Crippen LogP contribution in [0.25, 0.3) is 5.78 Å². The standard InChI is InChI=1S/C7H9N5/c1-5(2)6-3-8-10-7-11-9-4-12(6)7/h3-5H,1-2H3. The molecule has 0 amide bonds. The molecule has 0 saturated heterocycles. The molecule has 0 N–H and O–H groups in total. The Morgan fingerprint density at radius 1 is 1.25 bits per heavy atom. The van der Waals surface area contributed by atoms with Crippen molar-refractivity contribution in [2.75, 3.05) is 0 Å². The average Bonchev–Trinajstić information content (AvgIpc) is 2.49. The predicted molar refractivity (Wildman–Crippen MR) is 42.7 cm³/mol. The topological polar surface area (TPSA) is 56.0 Å². The molecule has 0 unspecified atom stereocenters. The number of hydrogen-bond acceptors (Lipinski definition) is 4. The zero-order chi connectivity index (χ0) is 8.55. The van der Waals surface area contributed by atoms with Gasteiger partial charge in [-0.1, -0.05) is 13.8 Å². The number of hydrogen-bond donors (Lipinski definition) is 0. The fourth-order valence-electron chi connectivity index (χ4n) is 1.11. The lowest BCUT2D eigenvalue weighted by atomic mass is 10.1. The normalized spacial score (nSPS) is 11.2. The van der Waals surface area contributed by atoms with Gasteiger partial charge in [0.05, 0.1) is 6.20 Å². The second-order valence-electron chi connectivity index (χ2n) is 2.93. The minimum Gasteiger partial charge on any atom is -0.267 e. The van der Waals surface area contributed by atoms with Crippen LogP contribution in [0.1, 0.15) is 25.5 Å². The summed E-state index contributed by atoms with van der Waals surface area (Å²) in [5.74, 6) is 0.959. The molecule has 0 radical (unpaired) electrons. The fraction of sp³-hybridized carbons (Fsp3) is 0.429. The molecule has 0 aliphatic rings. The van der Waals surface area contributed by atoms with Gasteiger partial charge in [-0.25, -0.2) is 0 Å². The second-order valence-corrected chi connectivity index (χ2v) is 2.93. The summed E-state index contributed by atoms with van der Waals surface area (Å²) in [6, 6.07) is 0. The zero-order valence-corrected chi connectivity index (χ0v) is 6.97. The molecule has 0 saturated carbocycles. The summed E-state index contributed by atoms with van der Waals surface area (Å²) in [6.07, 6.45) is 3.39. The van der Waals surface area contributed by atoms with E-state index >= 15 is 0 Å². The van der Waals surface area contributed by atoms with E-state index in [4.69, 9.17) is 0 Å². The Kier molecular flexibility index (Phi) is 1.49. The molecule has 0 bridgehead atoms. The third kappa shape index (κ3) is 0.939. The quantitative estimate of drug-likeness (QED) is 0.619. The number of nitrogens with zero attached hydrogens (tertiary/aromatic N) is 5. The largest absolute Gasteiger partial charge is 0.274 e. The van der Waals surface area contributed by atoms with Gasteiger partial charge in [0.2, 0.25) is 0 Å². The molecule has 2 aromatic rings. The van der Waals surface area contributed by atoms with Crippen LogP contribution in [0.2, 0.25) is 0 Å². The van der Waals surface area contributed by atoms with Crippen LogP contribution in [0.3, 0.4) is 0 Å². The third-order valence-electron chi connectivity index (χ3n) is 1.74. The Morgan fingerprint density at radius 3 is 2.75 bits per heavy atom. The lowest BCUT2D eigenvalue weighted by Gasteiger charge is -2.04. The van der Waals surface area contributed by atoms with Gasteiger partial charge in [0.25, 0.3) is 5.78 Å². The zero-order valence-electron chi connectivity index (χ0n) is 6.97. The van der Waals surface area contributed by atoms with E-state index in [-0.39, 0.29) is 0 Å². The van der Waals surface area contributed by atoms with Crippen molar-refractivity contribution in [1.29, 1.82) is 0 Å². The smallest absolute Gasteiger partial charge is 0.267 e. The van der Waals surface area contributed by atoms with Gasteiger partial charge in [0.15, 0.2) is 0 Å². The van der Waals surface area contributed by atoms with Crippen LogP contribution >= 0.6 is 0 Å². The maximum atomic E-state index is 3.83. The molecular formula is C7H9N5. The monoisotopic (exact) mass is 163 g/mol.